The van der Waals surface area contributed by atoms with Crippen molar-refractivity contribution >= 4 is 11.4 Å². The molecule has 0 unspecified atom stereocenters. The van der Waals surface area contributed by atoms with Crippen LogP contribution in [0.2, 0.25) is 0 Å². The van der Waals surface area contributed by atoms with Crippen molar-refractivity contribution in [3.63, 3.8) is 0 Å². The second kappa shape index (κ2) is 10.7. The molecule has 0 saturated carbocycles. The molecule has 0 aliphatic rings. The van der Waals surface area contributed by atoms with E-state index in [2.05, 4.69) is 10.1 Å². The number of halogens is 2. The minimum atomic E-state index is -0.759. The molecule has 9 heteroatoms. The summed E-state index contributed by atoms with van der Waals surface area (Å²) in [6, 6.07) is 11.5. The predicted octanol–water partition coefficient (Wildman–Crippen LogP) is 1.25. The van der Waals surface area contributed by atoms with E-state index in [4.69, 9.17) is 0 Å². The Bertz CT molecular complexity index is 1340. The Balaban J connectivity index is 0.00000324. The molecular formula is C25H23F2N4NaO2. The summed E-state index contributed by atoms with van der Waals surface area (Å²) >= 11 is 0. The zero-order valence-corrected chi connectivity index (χ0v) is 21.6. The van der Waals surface area contributed by atoms with Gasteiger partial charge in [0.25, 0.3) is 0 Å². The Labute approximate surface area is 218 Å². The van der Waals surface area contributed by atoms with Crippen LogP contribution in [0.5, 0.6) is 5.88 Å². The molecule has 0 spiro atoms. The number of rotatable bonds is 7. The summed E-state index contributed by atoms with van der Waals surface area (Å²) in [5, 5.41) is 16.9. The van der Waals surface area contributed by atoms with Gasteiger partial charge >= 0.3 is 29.6 Å². The summed E-state index contributed by atoms with van der Waals surface area (Å²) < 4.78 is 29.0. The van der Waals surface area contributed by atoms with Gasteiger partial charge in [-0.3, -0.25) is 4.79 Å². The maximum absolute atomic E-state index is 14.5. The van der Waals surface area contributed by atoms with Crippen molar-refractivity contribution in [2.75, 3.05) is 20.6 Å². The molecule has 0 bridgehead atoms. The van der Waals surface area contributed by atoms with Crippen molar-refractivity contribution in [3.05, 3.63) is 71.4 Å². The van der Waals surface area contributed by atoms with Crippen molar-refractivity contribution in [3.8, 4) is 28.3 Å². The van der Waals surface area contributed by atoms with Gasteiger partial charge in [0, 0.05) is 29.2 Å². The number of hydrogen-bond donors (Lipinski definition) is 0. The van der Waals surface area contributed by atoms with E-state index in [0.29, 0.717) is 34.5 Å². The predicted molar refractivity (Wildman–Crippen MR) is 120 cm³/mol. The Morgan fingerprint density at radius 1 is 1.09 bits per heavy atom. The molecule has 0 radical (unpaired) electrons. The first-order chi connectivity index (χ1) is 15.7. The molecule has 170 valence electrons. The number of hydrogen-bond acceptors (Lipinski definition) is 5. The van der Waals surface area contributed by atoms with Crippen molar-refractivity contribution < 1.29 is 48.2 Å². The van der Waals surface area contributed by atoms with Crippen LogP contribution in [-0.4, -0.2) is 45.9 Å². The van der Waals surface area contributed by atoms with Gasteiger partial charge < -0.3 is 10.0 Å². The molecule has 2 aromatic heterocycles. The maximum atomic E-state index is 14.5. The summed E-state index contributed by atoms with van der Waals surface area (Å²) in [4.78, 5) is 19.0. The van der Waals surface area contributed by atoms with Crippen molar-refractivity contribution in [1.29, 1.82) is 0 Å². The van der Waals surface area contributed by atoms with Crippen LogP contribution >= 0.6 is 0 Å². The average Bonchev–Trinajstić information content (AvgIpc) is 3.10. The van der Waals surface area contributed by atoms with E-state index in [1.54, 1.807) is 31.2 Å². The molecule has 34 heavy (non-hydrogen) atoms. The Morgan fingerprint density at radius 3 is 2.44 bits per heavy atom. The van der Waals surface area contributed by atoms with Crippen molar-refractivity contribution in [2.24, 2.45) is 0 Å². The molecule has 0 fully saturated rings. The summed E-state index contributed by atoms with van der Waals surface area (Å²) in [7, 11) is 3.93. The minimum absolute atomic E-state index is 0. The second-order valence-electron chi connectivity index (χ2n) is 8.21. The van der Waals surface area contributed by atoms with E-state index in [1.807, 2.05) is 19.0 Å². The summed E-state index contributed by atoms with van der Waals surface area (Å²) in [5.41, 5.74) is 2.65. The monoisotopic (exact) mass is 472 g/mol. The largest absolute Gasteiger partial charge is 1.00 e. The number of ketones is 1. The number of aryl methyl sites for hydroxylation is 1. The number of carbonyl (C=O) groups is 1. The second-order valence-corrected chi connectivity index (χ2v) is 8.21. The van der Waals surface area contributed by atoms with E-state index in [1.165, 1.54) is 12.1 Å². The van der Waals surface area contributed by atoms with Gasteiger partial charge in [-0.05, 0) is 58.1 Å². The number of benzene rings is 2. The van der Waals surface area contributed by atoms with Crippen LogP contribution in [0.4, 0.5) is 8.78 Å². The third kappa shape index (κ3) is 5.36. The molecule has 2 heterocycles. The fourth-order valence-corrected chi connectivity index (χ4v) is 3.78. The maximum Gasteiger partial charge on any atom is 1.00 e. The first-order valence-electron chi connectivity index (χ1n) is 10.6. The number of nitrogens with zero attached hydrogens (tertiary/aromatic N) is 4. The molecular weight excluding hydrogens is 449 g/mol. The first-order valence-corrected chi connectivity index (χ1v) is 10.6. The summed E-state index contributed by atoms with van der Waals surface area (Å²) in [6.07, 6.45) is 1.22. The molecule has 0 amide bonds. The molecule has 0 atom stereocenters. The molecule has 0 aliphatic carbocycles. The Hall–Kier alpha value is -2.65. The van der Waals surface area contributed by atoms with Crippen LogP contribution in [0, 0.1) is 18.6 Å². The fourth-order valence-electron chi connectivity index (χ4n) is 3.78. The Kier molecular flexibility index (Phi) is 8.20. The number of fused-ring (bicyclic) bond motifs is 1. The average molecular weight is 472 g/mol. The van der Waals surface area contributed by atoms with Crippen LogP contribution in [0.3, 0.4) is 0 Å². The van der Waals surface area contributed by atoms with Crippen LogP contribution < -0.4 is 34.7 Å². The van der Waals surface area contributed by atoms with Crippen LogP contribution in [0.15, 0.2) is 48.5 Å². The van der Waals surface area contributed by atoms with E-state index < -0.39 is 17.5 Å². The minimum Gasteiger partial charge on any atom is -0.858 e. The molecule has 0 aliphatic heterocycles. The van der Waals surface area contributed by atoms with Crippen LogP contribution in [0.25, 0.3) is 28.0 Å². The Morgan fingerprint density at radius 2 is 1.79 bits per heavy atom. The van der Waals surface area contributed by atoms with Gasteiger partial charge in [0.15, 0.2) is 11.4 Å². The van der Waals surface area contributed by atoms with Crippen LogP contribution in [0.1, 0.15) is 28.9 Å². The van der Waals surface area contributed by atoms with Crippen LogP contribution in [-0.2, 0) is 0 Å². The third-order valence-electron chi connectivity index (χ3n) is 5.44. The first kappa shape index (κ1) is 26.0. The SMILES string of the molecule is Cc1nn2c([O-])cc(-c3ccc(C(=O)CCCN(C)C)cc3)nc2c1-c1ccc(F)cc1F.[Na+]. The van der Waals surface area contributed by atoms with Gasteiger partial charge in [0.05, 0.1) is 17.0 Å². The molecule has 0 saturated heterocycles. The van der Waals surface area contributed by atoms with Gasteiger partial charge in [-0.15, -0.1) is 0 Å². The summed E-state index contributed by atoms with van der Waals surface area (Å²) in [5.74, 6) is -1.82. The van der Waals surface area contributed by atoms with Crippen molar-refractivity contribution in [1.82, 2.24) is 19.5 Å². The van der Waals surface area contributed by atoms with E-state index in [0.717, 1.165) is 29.6 Å². The quantitative estimate of drug-likeness (QED) is 0.299. The van der Waals surface area contributed by atoms with Gasteiger partial charge in [0.1, 0.15) is 11.6 Å². The smallest absolute Gasteiger partial charge is 0.858 e. The van der Waals surface area contributed by atoms with Gasteiger partial charge in [0.2, 0.25) is 0 Å². The van der Waals surface area contributed by atoms with E-state index in [9.17, 15) is 18.7 Å². The topological polar surface area (TPSA) is 73.6 Å². The van der Waals surface area contributed by atoms with Gasteiger partial charge in [-0.25, -0.2) is 18.3 Å². The number of Topliss-reactive ketones (excluding diaryl/α,β-unsaturated/α-hetero) is 1. The fraction of sp³-hybridized carbons (Fsp3) is 0.240. The van der Waals surface area contributed by atoms with Crippen molar-refractivity contribution in [2.45, 2.75) is 19.8 Å². The molecule has 2 aromatic carbocycles. The molecule has 0 N–H and O–H groups in total. The standard InChI is InChI=1S/C25H24F2N4O2.Na/c1-15-24(19-11-10-18(26)13-20(19)27)25-28-21(14-23(33)31(25)29-15)16-6-8-17(9-7-16)22(32)5-4-12-30(2)3;/h6-11,13-14,33H,4-5,12H2,1-3H3;/q;+1/p-1. The number of aromatic nitrogens is 3. The summed E-state index contributed by atoms with van der Waals surface area (Å²) in [6.45, 7) is 2.48. The number of carbonyl (C=O) groups excluding carboxylic acids is 1. The molecule has 4 aromatic rings. The molecule has 6 nitrogen and oxygen atoms in total. The third-order valence-corrected chi connectivity index (χ3v) is 5.44. The zero-order valence-electron chi connectivity index (χ0n) is 19.6. The van der Waals surface area contributed by atoms with E-state index in [-0.39, 0.29) is 46.6 Å². The zero-order chi connectivity index (χ0) is 23.7. The van der Waals surface area contributed by atoms with E-state index >= 15 is 0 Å². The normalized spacial score (nSPS) is 11.1. The molecule has 4 rings (SSSR count). The van der Waals surface area contributed by atoms with Gasteiger partial charge in [-0.1, -0.05) is 24.3 Å². The van der Waals surface area contributed by atoms with Gasteiger partial charge in [-0.2, -0.15) is 5.10 Å².